The van der Waals surface area contributed by atoms with Crippen LogP contribution < -0.4 is 9.47 Å². The molecular formula is C24H25FN2O6S. The summed E-state index contributed by atoms with van der Waals surface area (Å²) in [6.45, 7) is 1.13. The first-order valence-corrected chi connectivity index (χ1v) is 12.2. The maximum absolute atomic E-state index is 13.2. The summed E-state index contributed by atoms with van der Waals surface area (Å²) in [5.41, 5.74) is 0. The van der Waals surface area contributed by atoms with Crippen molar-refractivity contribution >= 4 is 15.9 Å². The molecule has 2 heterocycles. The molecule has 34 heavy (non-hydrogen) atoms. The van der Waals surface area contributed by atoms with Gasteiger partial charge in [0.2, 0.25) is 10.0 Å². The van der Waals surface area contributed by atoms with E-state index in [1.807, 2.05) is 12.1 Å². The Morgan fingerprint density at radius 2 is 1.71 bits per heavy atom. The summed E-state index contributed by atoms with van der Waals surface area (Å²) in [4.78, 5) is 14.6. The first-order valence-electron chi connectivity index (χ1n) is 10.8. The van der Waals surface area contributed by atoms with E-state index in [-0.39, 0.29) is 42.8 Å². The predicted molar refractivity (Wildman–Crippen MR) is 122 cm³/mol. The van der Waals surface area contributed by atoms with Gasteiger partial charge in [0.25, 0.3) is 5.91 Å². The van der Waals surface area contributed by atoms with Crippen LogP contribution in [0.3, 0.4) is 0 Å². The van der Waals surface area contributed by atoms with Crippen molar-refractivity contribution in [2.75, 3.05) is 33.3 Å². The Labute approximate surface area is 197 Å². The van der Waals surface area contributed by atoms with Crippen LogP contribution in [0.15, 0.2) is 70.0 Å². The highest BCUT2D eigenvalue weighted by atomic mass is 32.2. The minimum absolute atomic E-state index is 0.0272. The number of methoxy groups -OCH3 is 1. The third-order valence-electron chi connectivity index (χ3n) is 5.50. The van der Waals surface area contributed by atoms with Crippen LogP contribution in [0.1, 0.15) is 22.7 Å². The Bertz CT molecular complexity index is 1240. The van der Waals surface area contributed by atoms with Gasteiger partial charge in [-0.15, -0.1) is 0 Å². The van der Waals surface area contributed by atoms with Gasteiger partial charge in [0.1, 0.15) is 18.2 Å². The topological polar surface area (TPSA) is 89.3 Å². The number of carbonyl (C=O) groups excluding carboxylic acids is 1. The average molecular weight is 489 g/mol. The maximum atomic E-state index is 13.2. The number of sulfonamides is 1. The van der Waals surface area contributed by atoms with Crippen LogP contribution in [0.5, 0.6) is 11.5 Å². The molecule has 2 aromatic carbocycles. The molecule has 1 saturated heterocycles. The second-order valence-corrected chi connectivity index (χ2v) is 9.65. The van der Waals surface area contributed by atoms with Gasteiger partial charge < -0.3 is 18.8 Å². The summed E-state index contributed by atoms with van der Waals surface area (Å²) < 4.78 is 57.0. The Morgan fingerprint density at radius 1 is 0.971 bits per heavy atom. The Balaban J connectivity index is 1.38. The van der Waals surface area contributed by atoms with E-state index in [4.69, 9.17) is 13.9 Å². The zero-order chi connectivity index (χ0) is 24.1. The van der Waals surface area contributed by atoms with E-state index < -0.39 is 15.8 Å². The molecule has 0 unspecified atom stereocenters. The van der Waals surface area contributed by atoms with Gasteiger partial charge in [-0.25, -0.2) is 12.8 Å². The van der Waals surface area contributed by atoms with Crippen LogP contribution in [0, 0.1) is 5.82 Å². The highest BCUT2D eigenvalue weighted by Gasteiger charge is 2.29. The zero-order valence-corrected chi connectivity index (χ0v) is 19.5. The maximum Gasteiger partial charge on any atom is 0.289 e. The monoisotopic (exact) mass is 488 g/mol. The second kappa shape index (κ2) is 10.3. The van der Waals surface area contributed by atoms with E-state index in [1.54, 1.807) is 36.3 Å². The van der Waals surface area contributed by atoms with Crippen molar-refractivity contribution in [3.8, 4) is 11.5 Å². The van der Waals surface area contributed by atoms with Crippen molar-refractivity contribution in [2.45, 2.75) is 17.9 Å². The molecule has 0 radical (unpaired) electrons. The molecule has 1 aromatic heterocycles. The standard InChI is InChI=1S/C24H25FN2O6S/c1-31-21-5-2-3-6-22(21)32-17-19-9-12-23(33-19)24(28)26-13-4-14-27(16-15-26)34(29,30)20-10-7-18(25)8-11-20/h2-3,5-12H,4,13-17H2,1H3. The number of nitrogens with zero attached hydrogens (tertiary/aromatic N) is 2. The molecule has 3 aromatic rings. The number of rotatable bonds is 7. The number of benzene rings is 2. The lowest BCUT2D eigenvalue weighted by molar-refractivity contribution is 0.0728. The summed E-state index contributed by atoms with van der Waals surface area (Å²) in [5.74, 6) is 0.972. The lowest BCUT2D eigenvalue weighted by atomic mass is 10.3. The van der Waals surface area contributed by atoms with Gasteiger partial charge in [0.05, 0.1) is 12.0 Å². The average Bonchev–Trinajstić information content (AvgIpc) is 3.17. The van der Waals surface area contributed by atoms with Gasteiger partial charge in [0.15, 0.2) is 17.3 Å². The molecule has 0 bridgehead atoms. The lowest BCUT2D eigenvalue weighted by Crippen LogP contribution is -2.37. The third-order valence-corrected chi connectivity index (χ3v) is 7.42. The minimum Gasteiger partial charge on any atom is -0.493 e. The minimum atomic E-state index is -3.77. The normalized spacial score (nSPS) is 15.1. The molecule has 4 rings (SSSR count). The Kier molecular flexibility index (Phi) is 7.18. The largest absolute Gasteiger partial charge is 0.493 e. The van der Waals surface area contributed by atoms with Crippen LogP contribution in [0.2, 0.25) is 0 Å². The Morgan fingerprint density at radius 3 is 2.44 bits per heavy atom. The highest BCUT2D eigenvalue weighted by Crippen LogP contribution is 2.27. The molecule has 1 amide bonds. The summed E-state index contributed by atoms with van der Waals surface area (Å²) in [6.07, 6.45) is 0.469. The molecule has 1 fully saturated rings. The molecular weight excluding hydrogens is 463 g/mol. The van der Waals surface area contributed by atoms with Gasteiger partial charge >= 0.3 is 0 Å². The van der Waals surface area contributed by atoms with E-state index >= 15 is 0 Å². The van der Waals surface area contributed by atoms with E-state index in [9.17, 15) is 17.6 Å². The fourth-order valence-electron chi connectivity index (χ4n) is 3.71. The van der Waals surface area contributed by atoms with Crippen LogP contribution in [-0.4, -0.2) is 56.8 Å². The first-order chi connectivity index (χ1) is 16.4. The van der Waals surface area contributed by atoms with Crippen molar-refractivity contribution in [2.24, 2.45) is 0 Å². The highest BCUT2D eigenvalue weighted by molar-refractivity contribution is 7.89. The third kappa shape index (κ3) is 5.23. The molecule has 0 spiro atoms. The number of furan rings is 1. The smallest absolute Gasteiger partial charge is 0.289 e. The molecule has 0 aliphatic carbocycles. The van der Waals surface area contributed by atoms with E-state index in [0.29, 0.717) is 30.2 Å². The number of ether oxygens (including phenoxy) is 2. The molecule has 1 aliphatic heterocycles. The van der Waals surface area contributed by atoms with Gasteiger partial charge in [-0.1, -0.05) is 12.1 Å². The van der Waals surface area contributed by atoms with E-state index in [0.717, 1.165) is 12.1 Å². The van der Waals surface area contributed by atoms with Gasteiger partial charge in [-0.05, 0) is 55.0 Å². The van der Waals surface area contributed by atoms with Gasteiger partial charge in [-0.2, -0.15) is 4.31 Å². The van der Waals surface area contributed by atoms with Crippen molar-refractivity contribution < 1.29 is 31.5 Å². The first kappa shape index (κ1) is 23.8. The van der Waals surface area contributed by atoms with Crippen molar-refractivity contribution in [3.05, 3.63) is 78.0 Å². The number of hydrogen-bond acceptors (Lipinski definition) is 6. The lowest BCUT2D eigenvalue weighted by Gasteiger charge is -2.21. The SMILES string of the molecule is COc1ccccc1OCc1ccc(C(=O)N2CCCN(S(=O)(=O)c3ccc(F)cc3)CC2)o1. The number of amides is 1. The number of hydrogen-bond donors (Lipinski definition) is 0. The molecule has 1 aliphatic rings. The van der Waals surface area contributed by atoms with Gasteiger partial charge in [-0.3, -0.25) is 4.79 Å². The molecule has 8 nitrogen and oxygen atoms in total. The molecule has 10 heteroatoms. The van der Waals surface area contributed by atoms with Crippen LogP contribution in [-0.2, 0) is 16.6 Å². The van der Waals surface area contributed by atoms with Crippen LogP contribution in [0.4, 0.5) is 4.39 Å². The molecule has 180 valence electrons. The van der Waals surface area contributed by atoms with Crippen molar-refractivity contribution in [1.29, 1.82) is 0 Å². The summed E-state index contributed by atoms with van der Waals surface area (Å²) >= 11 is 0. The predicted octanol–water partition coefficient (Wildman–Crippen LogP) is 3.54. The fraction of sp³-hybridized carbons (Fsp3) is 0.292. The van der Waals surface area contributed by atoms with Gasteiger partial charge in [0, 0.05) is 26.2 Å². The fourth-order valence-corrected chi connectivity index (χ4v) is 5.18. The molecule has 0 saturated carbocycles. The summed E-state index contributed by atoms with van der Waals surface area (Å²) in [7, 11) is -2.22. The molecule has 0 atom stereocenters. The quantitative estimate of drug-likeness (QED) is 0.506. The number of para-hydroxylation sites is 2. The zero-order valence-electron chi connectivity index (χ0n) is 18.6. The summed E-state index contributed by atoms with van der Waals surface area (Å²) in [6, 6.07) is 15.2. The molecule has 0 N–H and O–H groups in total. The van der Waals surface area contributed by atoms with Crippen molar-refractivity contribution in [3.63, 3.8) is 0 Å². The second-order valence-electron chi connectivity index (χ2n) is 7.71. The number of halogens is 1. The van der Waals surface area contributed by atoms with Crippen molar-refractivity contribution in [1.82, 2.24) is 9.21 Å². The van der Waals surface area contributed by atoms with Crippen LogP contribution >= 0.6 is 0 Å². The number of carbonyl (C=O) groups is 1. The summed E-state index contributed by atoms with van der Waals surface area (Å²) in [5, 5.41) is 0. The Hall–Kier alpha value is -3.37. The van der Waals surface area contributed by atoms with Crippen LogP contribution in [0.25, 0.3) is 0 Å². The van der Waals surface area contributed by atoms with E-state index in [2.05, 4.69) is 0 Å². The van der Waals surface area contributed by atoms with E-state index in [1.165, 1.54) is 16.4 Å².